The standard InChI is InChI=1S/C22H27NO6/c1-13-11-17(20-15-7-6-8-16(15)22(27)29-18(20)12-13)28-14(2)21(26)23-10-5-3-4-9-19(24)25/h11-12,14H,3-10H2,1-2H3,(H,23,26)(H,24,25)/p-1/t14-/m1/s1. The number of hydrogen-bond donors (Lipinski definition) is 1. The van der Waals surface area contributed by atoms with E-state index in [4.69, 9.17) is 9.15 Å². The number of aliphatic carboxylic acids is 1. The first-order valence-corrected chi connectivity index (χ1v) is 10.1. The van der Waals surface area contributed by atoms with E-state index in [1.807, 2.05) is 19.1 Å². The summed E-state index contributed by atoms with van der Waals surface area (Å²) >= 11 is 0. The number of rotatable bonds is 9. The summed E-state index contributed by atoms with van der Waals surface area (Å²) in [4.78, 5) is 35.0. The first-order valence-electron chi connectivity index (χ1n) is 10.1. The van der Waals surface area contributed by atoms with Crippen LogP contribution in [0.1, 0.15) is 55.7 Å². The Morgan fingerprint density at radius 1 is 1.21 bits per heavy atom. The van der Waals surface area contributed by atoms with E-state index in [-0.39, 0.29) is 18.0 Å². The topological polar surface area (TPSA) is 109 Å². The van der Waals surface area contributed by atoms with E-state index in [9.17, 15) is 19.5 Å². The molecule has 7 nitrogen and oxygen atoms in total. The first-order chi connectivity index (χ1) is 13.9. The van der Waals surface area contributed by atoms with Crippen LogP contribution in [0.5, 0.6) is 5.75 Å². The van der Waals surface area contributed by atoms with Crippen molar-refractivity contribution >= 4 is 22.8 Å². The van der Waals surface area contributed by atoms with Gasteiger partial charge in [0.1, 0.15) is 11.3 Å². The maximum Gasteiger partial charge on any atom is 0.339 e. The first kappa shape index (κ1) is 20.9. The third-order valence-corrected chi connectivity index (χ3v) is 5.21. The molecule has 1 N–H and O–H groups in total. The van der Waals surface area contributed by atoms with Crippen molar-refractivity contribution in [3.05, 3.63) is 39.2 Å². The van der Waals surface area contributed by atoms with Crippen LogP contribution in [0.3, 0.4) is 0 Å². The Labute approximate surface area is 169 Å². The maximum atomic E-state index is 12.4. The summed E-state index contributed by atoms with van der Waals surface area (Å²) in [7, 11) is 0. The fourth-order valence-electron chi connectivity index (χ4n) is 3.77. The molecule has 0 bridgehead atoms. The molecule has 0 aliphatic heterocycles. The van der Waals surface area contributed by atoms with Gasteiger partial charge in [-0.3, -0.25) is 4.79 Å². The van der Waals surface area contributed by atoms with Gasteiger partial charge in [0.2, 0.25) is 0 Å². The number of carbonyl (C=O) groups excluding carboxylic acids is 2. The van der Waals surface area contributed by atoms with Gasteiger partial charge < -0.3 is 24.4 Å². The highest BCUT2D eigenvalue weighted by Gasteiger charge is 2.24. The van der Waals surface area contributed by atoms with Crippen molar-refractivity contribution in [2.24, 2.45) is 0 Å². The van der Waals surface area contributed by atoms with Crippen molar-refractivity contribution in [1.29, 1.82) is 0 Å². The third kappa shape index (κ3) is 4.96. The highest BCUT2D eigenvalue weighted by molar-refractivity contribution is 5.89. The molecule has 0 unspecified atom stereocenters. The molecule has 1 aromatic heterocycles. The van der Waals surface area contributed by atoms with Crippen molar-refractivity contribution in [3.8, 4) is 5.75 Å². The Balaban J connectivity index is 1.68. The average Bonchev–Trinajstić information content (AvgIpc) is 3.14. The van der Waals surface area contributed by atoms with Crippen molar-refractivity contribution in [2.75, 3.05) is 6.54 Å². The van der Waals surface area contributed by atoms with Gasteiger partial charge in [0, 0.05) is 18.1 Å². The number of aryl methyl sites for hydroxylation is 2. The average molecular weight is 400 g/mol. The zero-order valence-corrected chi connectivity index (χ0v) is 16.8. The van der Waals surface area contributed by atoms with Crippen LogP contribution in [0.15, 0.2) is 21.3 Å². The molecule has 0 saturated heterocycles. The normalized spacial score (nSPS) is 13.9. The lowest BCUT2D eigenvalue weighted by molar-refractivity contribution is -0.305. The lowest BCUT2D eigenvalue weighted by Gasteiger charge is -2.18. The molecule has 1 atom stereocenters. The quantitative estimate of drug-likeness (QED) is 0.508. The van der Waals surface area contributed by atoms with Gasteiger partial charge in [0.25, 0.3) is 5.91 Å². The van der Waals surface area contributed by atoms with Gasteiger partial charge in [-0.05, 0) is 75.6 Å². The molecule has 1 heterocycles. The molecule has 156 valence electrons. The minimum absolute atomic E-state index is 0.0361. The van der Waals surface area contributed by atoms with Gasteiger partial charge in [-0.25, -0.2) is 4.79 Å². The van der Waals surface area contributed by atoms with Gasteiger partial charge >= 0.3 is 5.63 Å². The summed E-state index contributed by atoms with van der Waals surface area (Å²) in [6.45, 7) is 4.02. The largest absolute Gasteiger partial charge is 0.550 e. The van der Waals surface area contributed by atoms with Crippen molar-refractivity contribution in [3.63, 3.8) is 0 Å². The minimum atomic E-state index is -1.05. The molecule has 0 radical (unpaired) electrons. The second kappa shape index (κ2) is 9.11. The smallest absolute Gasteiger partial charge is 0.339 e. The third-order valence-electron chi connectivity index (χ3n) is 5.21. The van der Waals surface area contributed by atoms with E-state index >= 15 is 0 Å². The van der Waals surface area contributed by atoms with Gasteiger partial charge in [-0.1, -0.05) is 6.42 Å². The zero-order valence-electron chi connectivity index (χ0n) is 16.8. The Hall–Kier alpha value is -2.83. The molecule has 1 amide bonds. The zero-order chi connectivity index (χ0) is 21.0. The number of carboxylic acid groups (broad SMARTS) is 1. The minimum Gasteiger partial charge on any atom is -0.550 e. The molecular weight excluding hydrogens is 374 g/mol. The molecule has 29 heavy (non-hydrogen) atoms. The maximum absolute atomic E-state index is 12.4. The highest BCUT2D eigenvalue weighted by atomic mass is 16.5. The molecule has 0 fully saturated rings. The molecule has 0 saturated carbocycles. The lowest BCUT2D eigenvalue weighted by atomic mass is 10.0. The number of nitrogens with one attached hydrogen (secondary N) is 1. The molecule has 1 aliphatic rings. The van der Waals surface area contributed by atoms with Crippen LogP contribution in [-0.2, 0) is 22.4 Å². The number of hydrogen-bond acceptors (Lipinski definition) is 6. The SMILES string of the molecule is Cc1cc(O[C@H](C)C(=O)NCCCCCC(=O)[O-])c2c3c(c(=O)oc2c1)CCC3. The van der Waals surface area contributed by atoms with Gasteiger partial charge in [0.15, 0.2) is 6.10 Å². The Kier molecular flexibility index (Phi) is 6.56. The van der Waals surface area contributed by atoms with Crippen LogP contribution in [0.4, 0.5) is 0 Å². The summed E-state index contributed by atoms with van der Waals surface area (Å²) in [6.07, 6.45) is 3.66. The summed E-state index contributed by atoms with van der Waals surface area (Å²) < 4.78 is 11.5. The highest BCUT2D eigenvalue weighted by Crippen LogP contribution is 2.35. The Morgan fingerprint density at radius 2 is 1.97 bits per heavy atom. The van der Waals surface area contributed by atoms with Crippen LogP contribution in [-0.4, -0.2) is 24.5 Å². The number of unbranched alkanes of at least 4 members (excludes halogenated alkanes) is 2. The van der Waals surface area contributed by atoms with E-state index in [1.54, 1.807) is 6.92 Å². The van der Waals surface area contributed by atoms with Crippen molar-refractivity contribution < 1.29 is 23.8 Å². The predicted octanol–water partition coefficient (Wildman–Crippen LogP) is 1.78. The number of carbonyl (C=O) groups is 2. The molecule has 7 heteroatoms. The fraction of sp³-hybridized carbons (Fsp3) is 0.500. The van der Waals surface area contributed by atoms with Crippen LogP contribution in [0, 0.1) is 6.92 Å². The molecule has 3 rings (SSSR count). The van der Waals surface area contributed by atoms with Crippen LogP contribution < -0.4 is 20.8 Å². The van der Waals surface area contributed by atoms with E-state index in [0.29, 0.717) is 49.1 Å². The van der Waals surface area contributed by atoms with E-state index < -0.39 is 12.1 Å². The monoisotopic (exact) mass is 400 g/mol. The van der Waals surface area contributed by atoms with E-state index in [0.717, 1.165) is 29.4 Å². The Morgan fingerprint density at radius 3 is 2.72 bits per heavy atom. The van der Waals surface area contributed by atoms with Gasteiger partial charge in [-0.2, -0.15) is 0 Å². The number of ether oxygens (including phenoxy) is 1. The second-order valence-corrected chi connectivity index (χ2v) is 7.57. The lowest BCUT2D eigenvalue weighted by Crippen LogP contribution is -2.36. The Bertz CT molecular complexity index is 977. The van der Waals surface area contributed by atoms with Crippen LogP contribution >= 0.6 is 0 Å². The fourth-order valence-corrected chi connectivity index (χ4v) is 3.77. The van der Waals surface area contributed by atoms with Crippen molar-refractivity contribution in [2.45, 2.75) is 64.9 Å². The van der Waals surface area contributed by atoms with Crippen LogP contribution in [0.2, 0.25) is 0 Å². The van der Waals surface area contributed by atoms with E-state index in [1.165, 1.54) is 0 Å². The number of amides is 1. The predicted molar refractivity (Wildman–Crippen MR) is 106 cm³/mol. The second-order valence-electron chi connectivity index (χ2n) is 7.57. The van der Waals surface area contributed by atoms with Crippen LogP contribution in [0.25, 0.3) is 11.0 Å². The summed E-state index contributed by atoms with van der Waals surface area (Å²) in [5.41, 5.74) is 2.76. The summed E-state index contributed by atoms with van der Waals surface area (Å²) in [6, 6.07) is 3.68. The van der Waals surface area contributed by atoms with Gasteiger partial charge in [0.05, 0.1) is 5.39 Å². The molecule has 0 spiro atoms. The molecule has 2 aromatic rings. The molecule has 1 aromatic carbocycles. The van der Waals surface area contributed by atoms with E-state index in [2.05, 4.69) is 5.32 Å². The summed E-state index contributed by atoms with van der Waals surface area (Å²) in [5, 5.41) is 14.0. The number of carboxylic acids is 1. The molecular formula is C22H26NO6-. The number of fused-ring (bicyclic) bond motifs is 3. The van der Waals surface area contributed by atoms with Crippen molar-refractivity contribution in [1.82, 2.24) is 5.32 Å². The van der Waals surface area contributed by atoms with Gasteiger partial charge in [-0.15, -0.1) is 0 Å². The summed E-state index contributed by atoms with van der Waals surface area (Å²) in [5.74, 6) is -0.740. The molecule has 1 aliphatic carbocycles. The number of benzene rings is 1.